The summed E-state index contributed by atoms with van der Waals surface area (Å²) in [5.74, 6) is 2.23. The summed E-state index contributed by atoms with van der Waals surface area (Å²) >= 11 is 3.24. The van der Waals surface area contributed by atoms with E-state index >= 15 is 0 Å². The Balaban J connectivity index is 1.68. The number of benzene rings is 1. The van der Waals surface area contributed by atoms with Crippen LogP contribution >= 0.6 is 23.1 Å². The van der Waals surface area contributed by atoms with Crippen molar-refractivity contribution < 1.29 is 4.39 Å². The molecule has 114 valence electrons. The van der Waals surface area contributed by atoms with Crippen LogP contribution in [-0.4, -0.2) is 10.2 Å². The van der Waals surface area contributed by atoms with Crippen molar-refractivity contribution in [2.45, 2.75) is 35.5 Å². The van der Waals surface area contributed by atoms with Crippen molar-refractivity contribution >= 4 is 23.1 Å². The first kappa shape index (κ1) is 13.4. The fourth-order valence-corrected chi connectivity index (χ4v) is 7.79. The number of halogens is 1. The van der Waals surface area contributed by atoms with E-state index in [1.54, 1.807) is 12.1 Å². The largest absolute Gasteiger partial charge is 0.307 e. The third kappa shape index (κ3) is 1.81. The maximum Gasteiger partial charge on any atom is 0.305 e. The van der Waals surface area contributed by atoms with Crippen LogP contribution in [0, 0.1) is 23.6 Å². The van der Waals surface area contributed by atoms with Gasteiger partial charge in [-0.25, -0.2) is 4.39 Å². The Kier molecular flexibility index (Phi) is 2.87. The lowest BCUT2D eigenvalue weighted by molar-refractivity contribution is 0.307. The number of nitrogens with one attached hydrogen (secondary N) is 1. The fraction of sp³-hybridized carbons (Fsp3) is 0.471. The summed E-state index contributed by atoms with van der Waals surface area (Å²) < 4.78 is 13.3. The molecule has 5 atom stereocenters. The summed E-state index contributed by atoms with van der Waals surface area (Å²) in [5, 5.41) is 1.68. The molecule has 2 heterocycles. The number of aromatic amines is 1. The minimum absolute atomic E-state index is 0.0388. The Labute approximate surface area is 136 Å². The number of thioether (sulfide) groups is 1. The highest BCUT2D eigenvalue weighted by Gasteiger charge is 2.54. The van der Waals surface area contributed by atoms with Gasteiger partial charge in [0, 0.05) is 16.0 Å². The molecule has 0 amide bonds. The molecule has 2 bridgehead atoms. The zero-order valence-corrected chi connectivity index (χ0v) is 13.6. The van der Waals surface area contributed by atoms with E-state index in [4.69, 9.17) is 0 Å². The van der Waals surface area contributed by atoms with E-state index in [9.17, 15) is 9.18 Å². The normalized spacial score (nSPS) is 35.4. The second-order valence-electron chi connectivity index (χ2n) is 6.73. The molecule has 3 aliphatic rings. The second-order valence-corrected chi connectivity index (χ2v) is 8.93. The number of thiazole rings is 1. The average molecular weight is 333 g/mol. The third-order valence-corrected chi connectivity index (χ3v) is 8.32. The van der Waals surface area contributed by atoms with Crippen LogP contribution in [0.3, 0.4) is 0 Å². The van der Waals surface area contributed by atoms with Crippen LogP contribution in [0.15, 0.2) is 34.1 Å². The molecule has 2 aromatic rings. The van der Waals surface area contributed by atoms with E-state index in [1.165, 1.54) is 41.0 Å². The van der Waals surface area contributed by atoms with Gasteiger partial charge < -0.3 is 4.98 Å². The molecule has 22 heavy (non-hydrogen) atoms. The van der Waals surface area contributed by atoms with Crippen molar-refractivity contribution in [1.82, 2.24) is 4.98 Å². The van der Waals surface area contributed by atoms with Crippen molar-refractivity contribution in [2.75, 3.05) is 0 Å². The predicted molar refractivity (Wildman–Crippen MR) is 87.1 cm³/mol. The Morgan fingerprint density at radius 3 is 2.73 bits per heavy atom. The number of fused-ring (bicyclic) bond motifs is 6. The van der Waals surface area contributed by atoms with Crippen molar-refractivity contribution in [2.24, 2.45) is 17.8 Å². The van der Waals surface area contributed by atoms with Gasteiger partial charge in [0.15, 0.2) is 0 Å². The maximum absolute atomic E-state index is 13.3. The Morgan fingerprint density at radius 1 is 1.14 bits per heavy atom. The highest BCUT2D eigenvalue weighted by molar-refractivity contribution is 8.00. The lowest BCUT2D eigenvalue weighted by atomic mass is 9.75. The second kappa shape index (κ2) is 4.71. The smallest absolute Gasteiger partial charge is 0.305 e. The molecular formula is C17H16FNOS2. The molecule has 2 fully saturated rings. The van der Waals surface area contributed by atoms with Gasteiger partial charge in [-0.05, 0) is 54.7 Å². The first-order valence-electron chi connectivity index (χ1n) is 7.86. The lowest BCUT2D eigenvalue weighted by Gasteiger charge is -2.40. The van der Waals surface area contributed by atoms with Gasteiger partial charge >= 0.3 is 4.87 Å². The Morgan fingerprint density at radius 2 is 1.91 bits per heavy atom. The number of hydrogen-bond donors (Lipinski definition) is 1. The van der Waals surface area contributed by atoms with Crippen LogP contribution in [0.1, 0.15) is 35.6 Å². The first-order chi connectivity index (χ1) is 10.7. The van der Waals surface area contributed by atoms with E-state index in [-0.39, 0.29) is 16.6 Å². The minimum atomic E-state index is -0.194. The van der Waals surface area contributed by atoms with Crippen LogP contribution in [-0.2, 0) is 0 Å². The summed E-state index contributed by atoms with van der Waals surface area (Å²) in [6.07, 6.45) is 3.98. The van der Waals surface area contributed by atoms with Crippen molar-refractivity contribution in [3.05, 3.63) is 50.2 Å². The molecule has 5 heteroatoms. The van der Waals surface area contributed by atoms with Crippen molar-refractivity contribution in [3.63, 3.8) is 0 Å². The van der Waals surface area contributed by atoms with E-state index in [0.29, 0.717) is 11.2 Å². The highest BCUT2D eigenvalue weighted by Crippen LogP contribution is 2.63. The third-order valence-electron chi connectivity index (χ3n) is 5.69. The monoisotopic (exact) mass is 333 g/mol. The molecular weight excluding hydrogens is 317 g/mol. The molecule has 0 saturated heterocycles. The topological polar surface area (TPSA) is 32.9 Å². The minimum Gasteiger partial charge on any atom is -0.307 e. The van der Waals surface area contributed by atoms with Gasteiger partial charge in [-0.15, -0.1) is 11.8 Å². The van der Waals surface area contributed by atoms with Gasteiger partial charge in [-0.1, -0.05) is 23.5 Å². The van der Waals surface area contributed by atoms with Crippen LogP contribution in [0.5, 0.6) is 0 Å². The average Bonchev–Trinajstić information content (AvgIpc) is 3.19. The maximum atomic E-state index is 13.3. The van der Waals surface area contributed by atoms with Crippen molar-refractivity contribution in [3.8, 4) is 0 Å². The van der Waals surface area contributed by atoms with E-state index < -0.39 is 0 Å². The molecule has 1 aromatic carbocycles. The number of hydrogen-bond acceptors (Lipinski definition) is 3. The predicted octanol–water partition coefficient (Wildman–Crippen LogP) is 4.23. The van der Waals surface area contributed by atoms with E-state index in [2.05, 4.69) is 4.98 Å². The van der Waals surface area contributed by atoms with E-state index in [0.717, 1.165) is 16.9 Å². The number of aromatic nitrogens is 1. The van der Waals surface area contributed by atoms with E-state index in [1.807, 2.05) is 23.9 Å². The molecule has 2 saturated carbocycles. The first-order valence-corrected chi connectivity index (χ1v) is 9.55. The molecule has 2 aliphatic carbocycles. The van der Waals surface area contributed by atoms with Gasteiger partial charge in [0.05, 0.1) is 5.03 Å². The van der Waals surface area contributed by atoms with Gasteiger partial charge in [0.25, 0.3) is 0 Å². The molecule has 1 N–H and O–H groups in total. The summed E-state index contributed by atoms with van der Waals surface area (Å²) in [6, 6.07) is 6.92. The molecule has 1 aromatic heterocycles. The van der Waals surface area contributed by atoms with Crippen molar-refractivity contribution in [1.29, 1.82) is 0 Å². The highest BCUT2D eigenvalue weighted by atomic mass is 32.2. The molecule has 0 radical (unpaired) electrons. The molecule has 0 spiro atoms. The summed E-state index contributed by atoms with van der Waals surface area (Å²) in [4.78, 5) is 16.1. The van der Waals surface area contributed by atoms with Crippen LogP contribution in [0.2, 0.25) is 0 Å². The zero-order chi connectivity index (χ0) is 14.8. The van der Waals surface area contributed by atoms with Gasteiger partial charge in [-0.3, -0.25) is 4.79 Å². The fourth-order valence-electron chi connectivity index (χ4n) is 4.89. The summed E-state index contributed by atoms with van der Waals surface area (Å²) in [7, 11) is 0. The molecule has 1 aliphatic heterocycles. The number of H-pyrrole nitrogens is 1. The molecule has 2 nitrogen and oxygen atoms in total. The quantitative estimate of drug-likeness (QED) is 0.847. The van der Waals surface area contributed by atoms with Crippen LogP contribution in [0.25, 0.3) is 0 Å². The van der Waals surface area contributed by atoms with Crippen LogP contribution in [0.4, 0.5) is 4.39 Å². The van der Waals surface area contributed by atoms with Gasteiger partial charge in [0.1, 0.15) is 5.82 Å². The van der Waals surface area contributed by atoms with Gasteiger partial charge in [-0.2, -0.15) is 0 Å². The SMILES string of the molecule is O=c1[nH]c2c(s1)[C@@H](c1ccc(F)cc1)[C@@H]1[C@@H]3CC[C@@H](C3)[C@H]1S2. The molecule has 5 rings (SSSR count). The molecule has 0 unspecified atom stereocenters. The lowest BCUT2D eigenvalue weighted by Crippen LogP contribution is -2.33. The summed E-state index contributed by atoms with van der Waals surface area (Å²) in [5.41, 5.74) is 1.17. The Hall–Kier alpha value is -1.07. The Bertz CT molecular complexity index is 781. The zero-order valence-electron chi connectivity index (χ0n) is 11.9. The summed E-state index contributed by atoms with van der Waals surface area (Å²) in [6.45, 7) is 0. The number of rotatable bonds is 1. The van der Waals surface area contributed by atoms with Gasteiger partial charge in [0.2, 0.25) is 0 Å². The van der Waals surface area contributed by atoms with Crippen LogP contribution < -0.4 is 4.87 Å². The standard InChI is InChI=1S/C17H16FNOS2/c18-11-5-3-8(4-6-11)12-13-9-1-2-10(7-9)14(13)21-16-15(12)22-17(20)19-16/h3-6,9-10,12-14H,1-2,7H2,(H,19,20)/t9-,10+,12+,13+,14-/m1/s1.